The van der Waals surface area contributed by atoms with Crippen molar-refractivity contribution in [3.05, 3.63) is 53.9 Å². The second kappa shape index (κ2) is 6.56. The molecule has 5 heteroatoms. The van der Waals surface area contributed by atoms with Crippen molar-refractivity contribution in [2.45, 2.75) is 26.2 Å². The standard InChI is InChI=1S/C21H23N3O2/c1-15-18(17(8-12-22-15)16-6-3-2-4-7-16)19(25)24-13-10-21(14-24)9-5-11-23-20(21)26/h2-4,6-8,12H,5,9-11,13-14H2,1H3,(H,23,26)/t21-/m0/s1. The van der Waals surface area contributed by atoms with E-state index in [9.17, 15) is 9.59 Å². The Morgan fingerprint density at radius 3 is 2.77 bits per heavy atom. The normalized spacial score (nSPS) is 22.5. The first-order valence-electron chi connectivity index (χ1n) is 9.19. The molecular formula is C21H23N3O2. The van der Waals surface area contributed by atoms with Crippen molar-refractivity contribution >= 4 is 11.8 Å². The van der Waals surface area contributed by atoms with Crippen LogP contribution >= 0.6 is 0 Å². The molecule has 0 bridgehead atoms. The van der Waals surface area contributed by atoms with Gasteiger partial charge in [-0.3, -0.25) is 14.6 Å². The Labute approximate surface area is 153 Å². The summed E-state index contributed by atoms with van der Waals surface area (Å²) in [4.78, 5) is 32.0. The second-order valence-electron chi connectivity index (χ2n) is 7.30. The van der Waals surface area contributed by atoms with Gasteiger partial charge in [-0.25, -0.2) is 0 Å². The number of pyridine rings is 1. The Kier molecular flexibility index (Phi) is 4.23. The highest BCUT2D eigenvalue weighted by Gasteiger charge is 2.47. The quantitative estimate of drug-likeness (QED) is 0.907. The predicted molar refractivity (Wildman–Crippen MR) is 99.6 cm³/mol. The lowest BCUT2D eigenvalue weighted by Crippen LogP contribution is -2.47. The summed E-state index contributed by atoms with van der Waals surface area (Å²) < 4.78 is 0. The number of piperidine rings is 1. The van der Waals surface area contributed by atoms with Gasteiger partial charge in [-0.1, -0.05) is 30.3 Å². The summed E-state index contributed by atoms with van der Waals surface area (Å²) in [6.45, 7) is 3.74. The van der Waals surface area contributed by atoms with Gasteiger partial charge in [0.25, 0.3) is 5.91 Å². The van der Waals surface area contributed by atoms with Gasteiger partial charge in [-0.15, -0.1) is 0 Å². The minimum Gasteiger partial charge on any atom is -0.356 e. The molecule has 2 aliphatic rings. The molecule has 0 aliphatic carbocycles. The number of benzene rings is 1. The van der Waals surface area contributed by atoms with Crippen LogP contribution in [0.3, 0.4) is 0 Å². The van der Waals surface area contributed by atoms with E-state index in [1.165, 1.54) is 0 Å². The maximum Gasteiger partial charge on any atom is 0.256 e. The van der Waals surface area contributed by atoms with Gasteiger partial charge in [-0.2, -0.15) is 0 Å². The molecule has 0 radical (unpaired) electrons. The van der Waals surface area contributed by atoms with E-state index in [4.69, 9.17) is 0 Å². The Morgan fingerprint density at radius 2 is 2.00 bits per heavy atom. The maximum atomic E-state index is 13.3. The molecule has 2 amide bonds. The SMILES string of the molecule is Cc1nccc(-c2ccccc2)c1C(=O)N1CC[C@@]2(CCCNC2=O)C1. The van der Waals surface area contributed by atoms with Gasteiger partial charge < -0.3 is 10.2 Å². The van der Waals surface area contributed by atoms with Crippen LogP contribution in [0.15, 0.2) is 42.6 Å². The fourth-order valence-corrected chi connectivity index (χ4v) is 4.22. The zero-order chi connectivity index (χ0) is 18.1. The minimum atomic E-state index is -0.406. The molecule has 2 aromatic rings. The number of rotatable bonds is 2. The first-order valence-corrected chi connectivity index (χ1v) is 9.19. The van der Waals surface area contributed by atoms with Gasteiger partial charge in [0, 0.05) is 25.8 Å². The molecule has 26 heavy (non-hydrogen) atoms. The van der Waals surface area contributed by atoms with E-state index in [0.717, 1.165) is 42.6 Å². The van der Waals surface area contributed by atoms with Crippen LogP contribution in [0.4, 0.5) is 0 Å². The smallest absolute Gasteiger partial charge is 0.256 e. The number of aromatic nitrogens is 1. The van der Waals surface area contributed by atoms with E-state index in [1.807, 2.05) is 48.2 Å². The van der Waals surface area contributed by atoms with Crippen LogP contribution < -0.4 is 5.32 Å². The molecule has 4 rings (SSSR count). The number of likely N-dealkylation sites (tertiary alicyclic amines) is 1. The molecule has 0 saturated carbocycles. The second-order valence-corrected chi connectivity index (χ2v) is 7.30. The molecule has 0 unspecified atom stereocenters. The summed E-state index contributed by atoms with van der Waals surface area (Å²) >= 11 is 0. The van der Waals surface area contributed by atoms with E-state index in [1.54, 1.807) is 6.20 Å². The molecule has 1 aromatic heterocycles. The maximum absolute atomic E-state index is 13.3. The average molecular weight is 349 g/mol. The molecule has 134 valence electrons. The molecule has 1 atom stereocenters. The van der Waals surface area contributed by atoms with Gasteiger partial charge in [0.05, 0.1) is 16.7 Å². The summed E-state index contributed by atoms with van der Waals surface area (Å²) in [5.74, 6) is 0.0787. The van der Waals surface area contributed by atoms with Crippen LogP contribution in [0.2, 0.25) is 0 Å². The summed E-state index contributed by atoms with van der Waals surface area (Å²) in [5.41, 5.74) is 2.87. The van der Waals surface area contributed by atoms with E-state index < -0.39 is 5.41 Å². The van der Waals surface area contributed by atoms with Crippen molar-refractivity contribution in [1.29, 1.82) is 0 Å². The van der Waals surface area contributed by atoms with Crippen LogP contribution in [0, 0.1) is 12.3 Å². The average Bonchev–Trinajstić information content (AvgIpc) is 3.09. The van der Waals surface area contributed by atoms with Gasteiger partial charge in [0.1, 0.15) is 0 Å². The fourth-order valence-electron chi connectivity index (χ4n) is 4.22. The first kappa shape index (κ1) is 16.8. The monoisotopic (exact) mass is 349 g/mol. The van der Waals surface area contributed by atoms with Crippen molar-refractivity contribution in [1.82, 2.24) is 15.2 Å². The Balaban J connectivity index is 1.67. The molecule has 3 heterocycles. The molecule has 2 saturated heterocycles. The lowest BCUT2D eigenvalue weighted by Gasteiger charge is -2.32. The van der Waals surface area contributed by atoms with Crippen molar-refractivity contribution in [2.24, 2.45) is 5.41 Å². The molecule has 1 spiro atoms. The third-order valence-electron chi connectivity index (χ3n) is 5.68. The number of amides is 2. The van der Waals surface area contributed by atoms with Crippen molar-refractivity contribution < 1.29 is 9.59 Å². The zero-order valence-corrected chi connectivity index (χ0v) is 15.0. The van der Waals surface area contributed by atoms with Gasteiger partial charge in [0.2, 0.25) is 5.91 Å². The van der Waals surface area contributed by atoms with Gasteiger partial charge in [-0.05, 0) is 43.4 Å². The van der Waals surface area contributed by atoms with Crippen molar-refractivity contribution in [3.8, 4) is 11.1 Å². The highest BCUT2D eigenvalue weighted by molar-refractivity contribution is 6.02. The van der Waals surface area contributed by atoms with E-state index >= 15 is 0 Å². The summed E-state index contributed by atoms with van der Waals surface area (Å²) in [6, 6.07) is 11.8. The highest BCUT2D eigenvalue weighted by atomic mass is 16.2. The first-order chi connectivity index (χ1) is 12.6. The number of nitrogens with zero attached hydrogens (tertiary/aromatic N) is 2. The number of carbonyl (C=O) groups is 2. The third-order valence-corrected chi connectivity index (χ3v) is 5.68. The highest BCUT2D eigenvalue weighted by Crippen LogP contribution is 2.38. The van der Waals surface area contributed by atoms with Gasteiger partial charge >= 0.3 is 0 Å². The Morgan fingerprint density at radius 1 is 1.19 bits per heavy atom. The fraction of sp³-hybridized carbons (Fsp3) is 0.381. The lowest BCUT2D eigenvalue weighted by molar-refractivity contribution is -0.132. The van der Waals surface area contributed by atoms with Crippen LogP contribution in [-0.2, 0) is 4.79 Å². The summed E-state index contributed by atoms with van der Waals surface area (Å²) in [6.07, 6.45) is 4.33. The van der Waals surface area contributed by atoms with Crippen LogP contribution in [0.25, 0.3) is 11.1 Å². The number of hydrogen-bond donors (Lipinski definition) is 1. The summed E-state index contributed by atoms with van der Waals surface area (Å²) in [5, 5.41) is 2.97. The molecule has 5 nitrogen and oxygen atoms in total. The largest absolute Gasteiger partial charge is 0.356 e. The van der Waals surface area contributed by atoms with Crippen LogP contribution in [0.5, 0.6) is 0 Å². The van der Waals surface area contributed by atoms with Crippen LogP contribution in [0.1, 0.15) is 35.3 Å². The van der Waals surface area contributed by atoms with Crippen LogP contribution in [-0.4, -0.2) is 41.3 Å². The Hall–Kier alpha value is -2.69. The van der Waals surface area contributed by atoms with Gasteiger partial charge in [0.15, 0.2) is 0 Å². The zero-order valence-electron chi connectivity index (χ0n) is 15.0. The predicted octanol–water partition coefficient (Wildman–Crippen LogP) is 2.80. The molecular weight excluding hydrogens is 326 g/mol. The van der Waals surface area contributed by atoms with E-state index in [2.05, 4.69) is 10.3 Å². The van der Waals surface area contributed by atoms with Crippen molar-refractivity contribution in [2.75, 3.05) is 19.6 Å². The third kappa shape index (κ3) is 2.77. The number of carbonyl (C=O) groups excluding carboxylic acids is 2. The summed E-state index contributed by atoms with van der Waals surface area (Å²) in [7, 11) is 0. The minimum absolute atomic E-state index is 0.0234. The molecule has 2 fully saturated rings. The molecule has 1 N–H and O–H groups in total. The number of hydrogen-bond acceptors (Lipinski definition) is 3. The topological polar surface area (TPSA) is 62.3 Å². The molecule has 2 aliphatic heterocycles. The lowest BCUT2D eigenvalue weighted by atomic mass is 9.79. The van der Waals surface area contributed by atoms with E-state index in [-0.39, 0.29) is 11.8 Å². The number of aryl methyl sites for hydroxylation is 1. The number of nitrogens with one attached hydrogen (secondary N) is 1. The molecule has 1 aromatic carbocycles. The van der Waals surface area contributed by atoms with Crippen molar-refractivity contribution in [3.63, 3.8) is 0 Å². The van der Waals surface area contributed by atoms with E-state index in [0.29, 0.717) is 18.7 Å². The Bertz CT molecular complexity index is 850.